The van der Waals surface area contributed by atoms with Crippen LogP contribution in [0.3, 0.4) is 0 Å². The lowest BCUT2D eigenvalue weighted by Crippen LogP contribution is -2.22. The van der Waals surface area contributed by atoms with Crippen LogP contribution in [-0.2, 0) is 4.79 Å². The van der Waals surface area contributed by atoms with Crippen LogP contribution in [0.1, 0.15) is 30.1 Å². The van der Waals surface area contributed by atoms with Crippen LogP contribution in [0.2, 0.25) is 0 Å². The molecule has 18 heavy (non-hydrogen) atoms. The molecule has 0 saturated carbocycles. The molecule has 0 saturated heterocycles. The number of nitrogens with two attached hydrogens (primary N) is 1. The Hall–Kier alpha value is -1.88. The molecule has 1 aromatic rings. The van der Waals surface area contributed by atoms with E-state index in [0.717, 1.165) is 0 Å². The van der Waals surface area contributed by atoms with E-state index in [0.29, 0.717) is 37.2 Å². The predicted octanol–water partition coefficient (Wildman–Crippen LogP) is 1.11. The number of anilines is 1. The lowest BCUT2D eigenvalue weighted by molar-refractivity contribution is -0.116. The van der Waals surface area contributed by atoms with E-state index in [1.165, 1.54) is 0 Å². The predicted molar refractivity (Wildman–Crippen MR) is 71.4 cm³/mol. The highest BCUT2D eigenvalue weighted by Gasteiger charge is 2.06. The molecule has 0 spiro atoms. The van der Waals surface area contributed by atoms with Crippen molar-refractivity contribution in [3.63, 3.8) is 0 Å². The summed E-state index contributed by atoms with van der Waals surface area (Å²) >= 11 is 0. The number of carbonyl (C=O) groups excluding carboxylic acids is 2. The van der Waals surface area contributed by atoms with Gasteiger partial charge in [0.2, 0.25) is 5.91 Å². The summed E-state index contributed by atoms with van der Waals surface area (Å²) in [7, 11) is 0. The highest BCUT2D eigenvalue weighted by atomic mass is 16.2. The highest BCUT2D eigenvalue weighted by molar-refractivity contribution is 5.97. The molecule has 0 fully saturated rings. The average Bonchev–Trinajstić information content (AvgIpc) is 2.37. The number of amides is 2. The summed E-state index contributed by atoms with van der Waals surface area (Å²) in [5.41, 5.74) is 6.50. The van der Waals surface area contributed by atoms with Gasteiger partial charge in [0.25, 0.3) is 5.91 Å². The van der Waals surface area contributed by atoms with Gasteiger partial charge < -0.3 is 16.4 Å². The lowest BCUT2D eigenvalue weighted by atomic mass is 10.2. The first-order valence-electron chi connectivity index (χ1n) is 6.05. The molecule has 0 aliphatic carbocycles. The summed E-state index contributed by atoms with van der Waals surface area (Å²) in [5.74, 6) is -0.232. The van der Waals surface area contributed by atoms with Gasteiger partial charge in [0.1, 0.15) is 0 Å². The van der Waals surface area contributed by atoms with Crippen molar-refractivity contribution in [3.05, 3.63) is 29.8 Å². The maximum atomic E-state index is 11.6. The molecule has 2 amide bonds. The zero-order valence-electron chi connectivity index (χ0n) is 10.5. The topological polar surface area (TPSA) is 84.2 Å². The Morgan fingerprint density at radius 3 is 2.78 bits per heavy atom. The van der Waals surface area contributed by atoms with Crippen LogP contribution < -0.4 is 16.4 Å². The molecular weight excluding hydrogens is 230 g/mol. The fraction of sp³-hybridized carbons (Fsp3) is 0.385. The standard InChI is InChI=1S/C13H19N3O2/c1-2-15-13(18)10-5-3-6-11(9-10)16-12(17)7-4-8-14/h3,5-6,9H,2,4,7-8,14H2,1H3,(H,15,18)(H,16,17). The minimum atomic E-state index is -0.143. The molecule has 0 aromatic heterocycles. The molecular formula is C13H19N3O2. The van der Waals surface area contributed by atoms with Crippen LogP contribution in [0, 0.1) is 0 Å². The molecule has 0 bridgehead atoms. The van der Waals surface area contributed by atoms with Gasteiger partial charge in [-0.1, -0.05) is 6.07 Å². The molecule has 0 aliphatic rings. The summed E-state index contributed by atoms with van der Waals surface area (Å²) < 4.78 is 0. The number of nitrogens with one attached hydrogen (secondary N) is 2. The van der Waals surface area contributed by atoms with Crippen LogP contribution in [0.4, 0.5) is 5.69 Å². The van der Waals surface area contributed by atoms with Crippen molar-refractivity contribution in [2.45, 2.75) is 19.8 Å². The second-order valence-corrected chi connectivity index (χ2v) is 3.88. The number of hydrogen-bond acceptors (Lipinski definition) is 3. The van der Waals surface area contributed by atoms with Crippen molar-refractivity contribution in [1.82, 2.24) is 5.32 Å². The normalized spacial score (nSPS) is 9.89. The van der Waals surface area contributed by atoms with Crippen LogP contribution in [0.15, 0.2) is 24.3 Å². The number of benzene rings is 1. The molecule has 98 valence electrons. The van der Waals surface area contributed by atoms with Gasteiger partial charge in [0, 0.05) is 24.2 Å². The summed E-state index contributed by atoms with van der Waals surface area (Å²) in [6.45, 7) is 2.93. The zero-order valence-corrected chi connectivity index (χ0v) is 10.5. The SMILES string of the molecule is CCNC(=O)c1cccc(NC(=O)CCCN)c1. The first-order valence-corrected chi connectivity index (χ1v) is 6.05. The lowest BCUT2D eigenvalue weighted by Gasteiger charge is -2.07. The molecule has 5 nitrogen and oxygen atoms in total. The first-order chi connectivity index (χ1) is 8.67. The largest absolute Gasteiger partial charge is 0.352 e. The molecule has 0 radical (unpaired) electrons. The Balaban J connectivity index is 2.64. The van der Waals surface area contributed by atoms with E-state index in [-0.39, 0.29) is 11.8 Å². The molecule has 0 atom stereocenters. The fourth-order valence-electron chi connectivity index (χ4n) is 1.49. The molecule has 0 unspecified atom stereocenters. The Labute approximate surface area is 107 Å². The number of hydrogen-bond donors (Lipinski definition) is 3. The zero-order chi connectivity index (χ0) is 13.4. The monoisotopic (exact) mass is 249 g/mol. The number of rotatable bonds is 6. The average molecular weight is 249 g/mol. The van der Waals surface area contributed by atoms with E-state index in [1.807, 2.05) is 6.92 Å². The van der Waals surface area contributed by atoms with Crippen LogP contribution >= 0.6 is 0 Å². The summed E-state index contributed by atoms with van der Waals surface area (Å²) in [6, 6.07) is 6.86. The maximum Gasteiger partial charge on any atom is 0.251 e. The summed E-state index contributed by atoms with van der Waals surface area (Å²) in [5, 5.41) is 5.45. The Morgan fingerprint density at radius 2 is 2.11 bits per heavy atom. The quantitative estimate of drug-likeness (QED) is 0.706. The maximum absolute atomic E-state index is 11.6. The van der Waals surface area contributed by atoms with Crippen molar-refractivity contribution in [2.24, 2.45) is 5.73 Å². The van der Waals surface area contributed by atoms with Crippen molar-refractivity contribution in [3.8, 4) is 0 Å². The van der Waals surface area contributed by atoms with Crippen LogP contribution in [-0.4, -0.2) is 24.9 Å². The molecule has 1 rings (SSSR count). The highest BCUT2D eigenvalue weighted by Crippen LogP contribution is 2.11. The van der Waals surface area contributed by atoms with Crippen molar-refractivity contribution < 1.29 is 9.59 Å². The van der Waals surface area contributed by atoms with Crippen LogP contribution in [0.25, 0.3) is 0 Å². The van der Waals surface area contributed by atoms with Gasteiger partial charge in [0.05, 0.1) is 0 Å². The van der Waals surface area contributed by atoms with Gasteiger partial charge in [-0.15, -0.1) is 0 Å². The Kier molecular flexibility index (Phi) is 5.87. The van der Waals surface area contributed by atoms with Gasteiger partial charge in [-0.25, -0.2) is 0 Å². The van der Waals surface area contributed by atoms with E-state index in [1.54, 1.807) is 24.3 Å². The minimum Gasteiger partial charge on any atom is -0.352 e. The smallest absolute Gasteiger partial charge is 0.251 e. The van der Waals surface area contributed by atoms with Gasteiger partial charge in [0.15, 0.2) is 0 Å². The van der Waals surface area contributed by atoms with Crippen molar-refractivity contribution in [1.29, 1.82) is 0 Å². The molecule has 0 heterocycles. The van der Waals surface area contributed by atoms with Crippen molar-refractivity contribution >= 4 is 17.5 Å². The van der Waals surface area contributed by atoms with E-state index in [4.69, 9.17) is 5.73 Å². The molecule has 5 heteroatoms. The van der Waals surface area contributed by atoms with Crippen molar-refractivity contribution in [2.75, 3.05) is 18.4 Å². The molecule has 0 aliphatic heterocycles. The van der Waals surface area contributed by atoms with E-state index >= 15 is 0 Å². The van der Waals surface area contributed by atoms with E-state index < -0.39 is 0 Å². The van der Waals surface area contributed by atoms with Gasteiger partial charge in [-0.05, 0) is 38.1 Å². The summed E-state index contributed by atoms with van der Waals surface area (Å²) in [4.78, 5) is 23.1. The summed E-state index contributed by atoms with van der Waals surface area (Å²) in [6.07, 6.45) is 1.05. The number of carbonyl (C=O) groups is 2. The third-order valence-electron chi connectivity index (χ3n) is 2.35. The van der Waals surface area contributed by atoms with Crippen LogP contribution in [0.5, 0.6) is 0 Å². The Bertz CT molecular complexity index is 418. The molecule has 4 N–H and O–H groups in total. The molecule has 1 aromatic carbocycles. The third-order valence-corrected chi connectivity index (χ3v) is 2.35. The second kappa shape index (κ2) is 7.45. The van der Waals surface area contributed by atoms with E-state index in [9.17, 15) is 9.59 Å². The Morgan fingerprint density at radius 1 is 1.33 bits per heavy atom. The van der Waals surface area contributed by atoms with Gasteiger partial charge in [-0.3, -0.25) is 9.59 Å². The first kappa shape index (κ1) is 14.2. The third kappa shape index (κ3) is 4.55. The second-order valence-electron chi connectivity index (χ2n) is 3.88. The van der Waals surface area contributed by atoms with E-state index in [2.05, 4.69) is 10.6 Å². The fourth-order valence-corrected chi connectivity index (χ4v) is 1.49. The minimum absolute atomic E-state index is 0.0894. The van der Waals surface area contributed by atoms with Gasteiger partial charge in [-0.2, -0.15) is 0 Å². The van der Waals surface area contributed by atoms with Gasteiger partial charge >= 0.3 is 0 Å².